The third-order valence-electron chi connectivity index (χ3n) is 3.91. The highest BCUT2D eigenvalue weighted by Gasteiger charge is 2.27. The average Bonchev–Trinajstić information content (AvgIpc) is 2.64. The molecule has 0 atom stereocenters. The van der Waals surface area contributed by atoms with Gasteiger partial charge in [-0.15, -0.1) is 0 Å². The molecule has 0 spiro atoms. The van der Waals surface area contributed by atoms with Gasteiger partial charge in [-0.25, -0.2) is 17.2 Å². The number of sulfonamides is 1. The lowest BCUT2D eigenvalue weighted by Crippen LogP contribution is -2.41. The van der Waals surface area contributed by atoms with E-state index in [2.05, 4.69) is 5.32 Å². The van der Waals surface area contributed by atoms with Crippen molar-refractivity contribution < 1.29 is 22.0 Å². The summed E-state index contributed by atoms with van der Waals surface area (Å²) >= 11 is 0. The van der Waals surface area contributed by atoms with E-state index >= 15 is 0 Å². The number of anilines is 1. The molecule has 5 nitrogen and oxygen atoms in total. The second-order valence-electron chi connectivity index (χ2n) is 6.00. The Bertz CT molecular complexity index is 854. The molecule has 0 unspecified atom stereocenters. The van der Waals surface area contributed by atoms with Crippen LogP contribution in [-0.4, -0.2) is 27.4 Å². The van der Waals surface area contributed by atoms with Crippen molar-refractivity contribution >= 4 is 21.6 Å². The van der Waals surface area contributed by atoms with Crippen LogP contribution in [0.2, 0.25) is 0 Å². The maximum Gasteiger partial charge on any atom is 0.264 e. The molecule has 1 amide bonds. The number of carbonyl (C=O) groups is 1. The van der Waals surface area contributed by atoms with E-state index in [1.54, 1.807) is 0 Å². The Hall–Kier alpha value is -2.48. The zero-order valence-corrected chi connectivity index (χ0v) is 15.8. The predicted molar refractivity (Wildman–Crippen MR) is 99.9 cm³/mol. The van der Waals surface area contributed by atoms with Gasteiger partial charge in [-0.3, -0.25) is 9.10 Å². The van der Waals surface area contributed by atoms with E-state index in [4.69, 9.17) is 0 Å². The summed E-state index contributed by atoms with van der Waals surface area (Å²) in [4.78, 5) is 12.1. The molecule has 8 heteroatoms. The van der Waals surface area contributed by atoms with Gasteiger partial charge >= 0.3 is 0 Å². The van der Waals surface area contributed by atoms with E-state index in [1.165, 1.54) is 12.1 Å². The molecular formula is C19H22F2N2O3S. The lowest BCUT2D eigenvalue weighted by molar-refractivity contribution is -0.119. The van der Waals surface area contributed by atoms with Crippen LogP contribution >= 0.6 is 0 Å². The summed E-state index contributed by atoms with van der Waals surface area (Å²) in [6.07, 6.45) is 2.75. The van der Waals surface area contributed by atoms with Gasteiger partial charge < -0.3 is 5.32 Å². The van der Waals surface area contributed by atoms with Crippen LogP contribution in [0, 0.1) is 11.6 Å². The molecule has 0 aliphatic heterocycles. The van der Waals surface area contributed by atoms with E-state index < -0.39 is 34.1 Å². The Balaban J connectivity index is 2.28. The maximum atomic E-state index is 13.2. The van der Waals surface area contributed by atoms with Gasteiger partial charge in [-0.05, 0) is 55.0 Å². The SMILES string of the molecule is CCCCCNC(=O)CN(c1ccc(F)cc1)S(=O)(=O)c1ccc(F)cc1. The molecular weight excluding hydrogens is 374 g/mol. The van der Waals surface area contributed by atoms with E-state index in [1.807, 2.05) is 6.92 Å². The Morgan fingerprint density at radius 1 is 0.963 bits per heavy atom. The van der Waals surface area contributed by atoms with Crippen molar-refractivity contribution in [3.8, 4) is 0 Å². The molecule has 0 saturated heterocycles. The number of amides is 1. The minimum absolute atomic E-state index is 0.143. The van der Waals surface area contributed by atoms with Gasteiger partial charge in [-0.1, -0.05) is 19.8 Å². The summed E-state index contributed by atoms with van der Waals surface area (Å²) in [5.74, 6) is -1.57. The topological polar surface area (TPSA) is 66.5 Å². The molecule has 2 aromatic rings. The molecule has 0 heterocycles. The molecule has 146 valence electrons. The minimum Gasteiger partial charge on any atom is -0.355 e. The van der Waals surface area contributed by atoms with E-state index in [0.29, 0.717) is 6.54 Å². The number of hydrogen-bond acceptors (Lipinski definition) is 3. The fourth-order valence-corrected chi connectivity index (χ4v) is 3.87. The highest BCUT2D eigenvalue weighted by molar-refractivity contribution is 7.92. The Labute approximate surface area is 158 Å². The summed E-state index contributed by atoms with van der Waals surface area (Å²) in [6.45, 7) is 2.02. The number of nitrogens with one attached hydrogen (secondary N) is 1. The quantitative estimate of drug-likeness (QED) is 0.660. The highest BCUT2D eigenvalue weighted by atomic mass is 32.2. The van der Waals surface area contributed by atoms with E-state index in [0.717, 1.165) is 60.0 Å². The van der Waals surface area contributed by atoms with Gasteiger partial charge in [0.05, 0.1) is 10.6 Å². The molecule has 0 radical (unpaired) electrons. The summed E-state index contributed by atoms with van der Waals surface area (Å²) in [5.41, 5.74) is 0.143. The van der Waals surface area contributed by atoms with Crippen LogP contribution in [-0.2, 0) is 14.8 Å². The normalized spacial score (nSPS) is 11.2. The molecule has 27 heavy (non-hydrogen) atoms. The molecule has 0 saturated carbocycles. The number of unbranched alkanes of at least 4 members (excludes halogenated alkanes) is 2. The van der Waals surface area contributed by atoms with E-state index in [9.17, 15) is 22.0 Å². The minimum atomic E-state index is -4.13. The Morgan fingerprint density at radius 2 is 1.52 bits per heavy atom. The molecule has 0 aliphatic rings. The zero-order valence-electron chi connectivity index (χ0n) is 15.0. The van der Waals surface area contributed by atoms with Gasteiger partial charge in [0, 0.05) is 6.54 Å². The number of benzene rings is 2. The largest absolute Gasteiger partial charge is 0.355 e. The number of hydrogen-bond donors (Lipinski definition) is 1. The molecule has 0 fully saturated rings. The van der Waals surface area contributed by atoms with E-state index in [-0.39, 0.29) is 10.6 Å². The molecule has 0 aliphatic carbocycles. The van der Waals surface area contributed by atoms with Crippen LogP contribution in [0.3, 0.4) is 0 Å². The Morgan fingerprint density at radius 3 is 2.07 bits per heavy atom. The van der Waals surface area contributed by atoms with Crippen molar-refractivity contribution in [2.75, 3.05) is 17.4 Å². The van der Waals surface area contributed by atoms with Crippen molar-refractivity contribution in [1.29, 1.82) is 0 Å². The van der Waals surface area contributed by atoms with Crippen molar-refractivity contribution in [3.05, 3.63) is 60.2 Å². The first-order chi connectivity index (χ1) is 12.8. The standard InChI is InChI=1S/C19H22F2N2O3S/c1-2-3-4-13-22-19(24)14-23(17-9-5-15(20)6-10-17)27(25,26)18-11-7-16(21)8-12-18/h5-12H,2-4,13-14H2,1H3,(H,22,24). The second-order valence-corrected chi connectivity index (χ2v) is 7.86. The summed E-state index contributed by atoms with van der Waals surface area (Å²) < 4.78 is 53.2. The van der Waals surface area contributed by atoms with Gasteiger partial charge in [0.15, 0.2) is 0 Å². The fourth-order valence-electron chi connectivity index (χ4n) is 2.45. The second kappa shape index (κ2) is 9.45. The third-order valence-corrected chi connectivity index (χ3v) is 5.69. The smallest absolute Gasteiger partial charge is 0.264 e. The lowest BCUT2D eigenvalue weighted by Gasteiger charge is -2.24. The first-order valence-electron chi connectivity index (χ1n) is 8.65. The van der Waals surface area contributed by atoms with Crippen LogP contribution in [0.15, 0.2) is 53.4 Å². The third kappa shape index (κ3) is 5.75. The molecule has 1 N–H and O–H groups in total. The predicted octanol–water partition coefficient (Wildman–Crippen LogP) is 3.47. The van der Waals surface area contributed by atoms with Crippen LogP contribution < -0.4 is 9.62 Å². The summed E-state index contributed by atoms with van der Waals surface area (Å²) in [5, 5.41) is 2.68. The van der Waals surface area contributed by atoms with Gasteiger partial charge in [0.25, 0.3) is 10.0 Å². The first kappa shape index (κ1) is 20.8. The van der Waals surface area contributed by atoms with Gasteiger partial charge in [0.1, 0.15) is 18.2 Å². The van der Waals surface area contributed by atoms with Gasteiger partial charge in [-0.2, -0.15) is 0 Å². The van der Waals surface area contributed by atoms with Crippen LogP contribution in [0.4, 0.5) is 14.5 Å². The van der Waals surface area contributed by atoms with Crippen LogP contribution in [0.1, 0.15) is 26.2 Å². The summed E-state index contributed by atoms with van der Waals surface area (Å²) in [7, 11) is -4.13. The monoisotopic (exact) mass is 396 g/mol. The van der Waals surface area contributed by atoms with Crippen LogP contribution in [0.25, 0.3) is 0 Å². The number of carbonyl (C=O) groups excluding carboxylic acids is 1. The number of rotatable bonds is 9. The number of halogens is 2. The van der Waals surface area contributed by atoms with Crippen LogP contribution in [0.5, 0.6) is 0 Å². The average molecular weight is 396 g/mol. The van der Waals surface area contributed by atoms with Crippen molar-refractivity contribution in [3.63, 3.8) is 0 Å². The lowest BCUT2D eigenvalue weighted by atomic mass is 10.2. The first-order valence-corrected chi connectivity index (χ1v) is 10.1. The Kier molecular flexibility index (Phi) is 7.29. The zero-order chi connectivity index (χ0) is 19.9. The molecule has 0 bridgehead atoms. The highest BCUT2D eigenvalue weighted by Crippen LogP contribution is 2.24. The molecule has 0 aromatic heterocycles. The molecule has 2 aromatic carbocycles. The van der Waals surface area contributed by atoms with Crippen molar-refractivity contribution in [2.45, 2.75) is 31.1 Å². The van der Waals surface area contributed by atoms with Crippen molar-refractivity contribution in [2.24, 2.45) is 0 Å². The summed E-state index contributed by atoms with van der Waals surface area (Å²) in [6, 6.07) is 9.09. The van der Waals surface area contributed by atoms with Gasteiger partial charge in [0.2, 0.25) is 5.91 Å². The van der Waals surface area contributed by atoms with Crippen molar-refractivity contribution in [1.82, 2.24) is 5.32 Å². The molecule has 2 rings (SSSR count). The number of nitrogens with zero attached hydrogens (tertiary/aromatic N) is 1. The maximum absolute atomic E-state index is 13.2. The fraction of sp³-hybridized carbons (Fsp3) is 0.316.